The Morgan fingerprint density at radius 2 is 2.00 bits per heavy atom. The zero-order valence-corrected chi connectivity index (χ0v) is 13.5. The molecule has 0 saturated heterocycles. The third kappa shape index (κ3) is 1.86. The van der Waals surface area contributed by atoms with Gasteiger partial charge in [0.15, 0.2) is 0 Å². The van der Waals surface area contributed by atoms with E-state index < -0.39 is 11.7 Å². The molecule has 0 spiro atoms. The molecule has 4 rings (SSSR count). The molecule has 0 bridgehead atoms. The van der Waals surface area contributed by atoms with Gasteiger partial charge >= 0.3 is 0 Å². The minimum atomic E-state index is -1.01. The van der Waals surface area contributed by atoms with Crippen LogP contribution in [0.25, 0.3) is 0 Å². The largest absolute Gasteiger partial charge is 0.508 e. The Labute approximate surface area is 137 Å². The summed E-state index contributed by atoms with van der Waals surface area (Å²) in [5.74, 6) is 3.98. The van der Waals surface area contributed by atoms with Crippen molar-refractivity contribution in [3.8, 4) is 18.1 Å². The van der Waals surface area contributed by atoms with Gasteiger partial charge in [0.05, 0.1) is 6.10 Å². The number of rotatable bonds is 0. The molecule has 0 aliphatic heterocycles. The zero-order chi connectivity index (χ0) is 16.4. The summed E-state index contributed by atoms with van der Waals surface area (Å²) < 4.78 is 0. The van der Waals surface area contributed by atoms with Gasteiger partial charge in [-0.05, 0) is 73.1 Å². The Bertz CT molecular complexity index is 691. The first-order valence-electron chi connectivity index (χ1n) is 8.60. The van der Waals surface area contributed by atoms with E-state index in [1.54, 1.807) is 12.1 Å². The molecule has 23 heavy (non-hydrogen) atoms. The number of phenols is 1. The van der Waals surface area contributed by atoms with Crippen molar-refractivity contribution in [3.63, 3.8) is 0 Å². The molecular formula is C20H24O3. The number of hydrogen-bond acceptors (Lipinski definition) is 3. The fourth-order valence-corrected chi connectivity index (χ4v) is 5.83. The first-order valence-corrected chi connectivity index (χ1v) is 8.60. The van der Waals surface area contributed by atoms with E-state index in [9.17, 15) is 15.3 Å². The number of aliphatic hydroxyl groups is 2. The number of aliphatic hydroxyl groups excluding tert-OH is 1. The van der Waals surface area contributed by atoms with Crippen LogP contribution in [0.5, 0.6) is 5.75 Å². The van der Waals surface area contributed by atoms with Crippen molar-refractivity contribution in [2.24, 2.45) is 17.3 Å². The number of aromatic hydroxyl groups is 1. The van der Waals surface area contributed by atoms with Gasteiger partial charge in [-0.1, -0.05) is 18.9 Å². The summed E-state index contributed by atoms with van der Waals surface area (Å²) in [6, 6.07) is 5.39. The maximum Gasteiger partial charge on any atom is 0.130 e. The normalized spacial score (nSPS) is 44.8. The van der Waals surface area contributed by atoms with E-state index in [-0.39, 0.29) is 11.2 Å². The molecule has 1 unspecified atom stereocenters. The highest BCUT2D eigenvalue weighted by atomic mass is 16.3. The Balaban J connectivity index is 1.76. The third-order valence-electron chi connectivity index (χ3n) is 7.15. The monoisotopic (exact) mass is 312 g/mol. The summed E-state index contributed by atoms with van der Waals surface area (Å²) in [6.45, 7) is 2.14. The molecule has 0 amide bonds. The third-order valence-corrected chi connectivity index (χ3v) is 7.15. The van der Waals surface area contributed by atoms with Gasteiger partial charge in [0.25, 0.3) is 0 Å². The van der Waals surface area contributed by atoms with Gasteiger partial charge in [0.2, 0.25) is 0 Å². The van der Waals surface area contributed by atoms with E-state index in [0.29, 0.717) is 30.6 Å². The van der Waals surface area contributed by atoms with Gasteiger partial charge in [-0.2, -0.15) is 0 Å². The molecule has 3 heteroatoms. The minimum Gasteiger partial charge on any atom is -0.508 e. The van der Waals surface area contributed by atoms with Crippen molar-refractivity contribution in [1.82, 2.24) is 0 Å². The molecule has 2 saturated carbocycles. The highest BCUT2D eigenvalue weighted by Gasteiger charge is 2.61. The van der Waals surface area contributed by atoms with Crippen molar-refractivity contribution in [1.29, 1.82) is 0 Å². The van der Waals surface area contributed by atoms with Gasteiger partial charge in [-0.3, -0.25) is 0 Å². The summed E-state index contributed by atoms with van der Waals surface area (Å²) >= 11 is 0. The summed E-state index contributed by atoms with van der Waals surface area (Å²) in [5, 5.41) is 31.2. The molecule has 2 fully saturated rings. The van der Waals surface area contributed by atoms with Crippen LogP contribution >= 0.6 is 0 Å². The average molecular weight is 312 g/mol. The molecule has 1 aromatic rings. The first-order chi connectivity index (χ1) is 10.9. The molecule has 3 N–H and O–H groups in total. The lowest BCUT2D eigenvalue weighted by atomic mass is 9.53. The Kier molecular flexibility index (Phi) is 3.11. The zero-order valence-electron chi connectivity index (χ0n) is 13.5. The SMILES string of the molecule is C#C[C@]1(O)CC[C@H]2[C@@H]3C[C@H](O)c4cc(O)ccc4[C@H]3CCC21C. The van der Waals surface area contributed by atoms with Crippen molar-refractivity contribution >= 4 is 0 Å². The summed E-state index contributed by atoms with van der Waals surface area (Å²) in [6.07, 6.45) is 9.31. The lowest BCUT2D eigenvalue weighted by Crippen LogP contribution is -2.50. The Morgan fingerprint density at radius 1 is 1.22 bits per heavy atom. The van der Waals surface area contributed by atoms with Crippen molar-refractivity contribution in [2.45, 2.75) is 56.7 Å². The van der Waals surface area contributed by atoms with Crippen LogP contribution in [0.4, 0.5) is 0 Å². The summed E-state index contributed by atoms with van der Waals surface area (Å²) in [7, 11) is 0. The smallest absolute Gasteiger partial charge is 0.130 e. The van der Waals surface area contributed by atoms with Crippen LogP contribution in [0.1, 0.15) is 62.2 Å². The highest BCUT2D eigenvalue weighted by molar-refractivity contribution is 5.42. The van der Waals surface area contributed by atoms with Crippen LogP contribution in [-0.2, 0) is 0 Å². The standard InChI is InChI=1S/C20H24O3/c1-3-20(23)9-7-17-15-11-18(22)16-10-12(21)4-5-13(16)14(15)6-8-19(17,20)2/h1,4-5,10,14-15,17-18,21-23H,6-9,11H2,2H3/t14-,15-,17+,18+,19?,20+/m1/s1. The van der Waals surface area contributed by atoms with E-state index >= 15 is 0 Å². The van der Waals surface area contributed by atoms with E-state index in [0.717, 1.165) is 24.8 Å². The molecule has 3 aliphatic rings. The fraction of sp³-hybridized carbons (Fsp3) is 0.600. The highest BCUT2D eigenvalue weighted by Crippen LogP contribution is 2.65. The van der Waals surface area contributed by atoms with Gasteiger partial charge < -0.3 is 15.3 Å². The van der Waals surface area contributed by atoms with Gasteiger partial charge in [0.1, 0.15) is 11.4 Å². The average Bonchev–Trinajstić information content (AvgIpc) is 2.80. The second kappa shape index (κ2) is 4.75. The topological polar surface area (TPSA) is 60.7 Å². The number of terminal acetylenes is 1. The maximum absolute atomic E-state index is 10.9. The van der Waals surface area contributed by atoms with Gasteiger partial charge in [-0.15, -0.1) is 6.42 Å². The lowest BCUT2D eigenvalue weighted by molar-refractivity contribution is -0.0729. The van der Waals surface area contributed by atoms with Crippen LogP contribution in [0.2, 0.25) is 0 Å². The van der Waals surface area contributed by atoms with Crippen LogP contribution in [0.3, 0.4) is 0 Å². The molecule has 0 radical (unpaired) electrons. The van der Waals surface area contributed by atoms with Gasteiger partial charge in [0, 0.05) is 5.41 Å². The number of fused-ring (bicyclic) bond motifs is 5. The summed E-state index contributed by atoms with van der Waals surface area (Å²) in [5.41, 5.74) is 0.782. The minimum absolute atomic E-state index is 0.212. The predicted octanol–water partition coefficient (Wildman–Crippen LogP) is 3.10. The van der Waals surface area contributed by atoms with Crippen molar-refractivity contribution in [2.75, 3.05) is 0 Å². The fourth-order valence-electron chi connectivity index (χ4n) is 5.83. The quantitative estimate of drug-likeness (QED) is 0.645. The Hall–Kier alpha value is -1.50. The molecule has 3 nitrogen and oxygen atoms in total. The van der Waals surface area contributed by atoms with Crippen LogP contribution in [0, 0.1) is 29.6 Å². The predicted molar refractivity (Wildman–Crippen MR) is 87.8 cm³/mol. The van der Waals surface area contributed by atoms with Crippen LogP contribution < -0.4 is 0 Å². The number of hydrogen-bond donors (Lipinski definition) is 3. The lowest BCUT2D eigenvalue weighted by Gasteiger charge is -2.52. The van der Waals surface area contributed by atoms with E-state index in [2.05, 4.69) is 12.8 Å². The van der Waals surface area contributed by atoms with Crippen LogP contribution in [-0.4, -0.2) is 20.9 Å². The number of benzene rings is 1. The molecule has 6 atom stereocenters. The summed E-state index contributed by atoms with van der Waals surface area (Å²) in [4.78, 5) is 0. The molecule has 0 aromatic heterocycles. The van der Waals surface area contributed by atoms with E-state index in [1.807, 2.05) is 6.07 Å². The van der Waals surface area contributed by atoms with E-state index in [1.165, 1.54) is 5.56 Å². The number of phenolic OH excluding ortho intramolecular Hbond substituents is 1. The molecule has 122 valence electrons. The first kappa shape index (κ1) is 15.1. The van der Waals surface area contributed by atoms with Crippen molar-refractivity contribution in [3.05, 3.63) is 29.3 Å². The second-order valence-corrected chi connectivity index (χ2v) is 7.94. The van der Waals surface area contributed by atoms with Crippen molar-refractivity contribution < 1.29 is 15.3 Å². The molecule has 0 heterocycles. The second-order valence-electron chi connectivity index (χ2n) is 7.94. The van der Waals surface area contributed by atoms with Crippen LogP contribution in [0.15, 0.2) is 18.2 Å². The maximum atomic E-state index is 10.9. The van der Waals surface area contributed by atoms with E-state index in [4.69, 9.17) is 6.42 Å². The molecule has 3 aliphatic carbocycles. The molecule has 1 aromatic carbocycles. The Morgan fingerprint density at radius 3 is 2.74 bits per heavy atom. The van der Waals surface area contributed by atoms with Gasteiger partial charge in [-0.25, -0.2) is 0 Å². The molecular weight excluding hydrogens is 288 g/mol.